The molecule has 0 aliphatic rings. The fourth-order valence-electron chi connectivity index (χ4n) is 1.34. The molecular formula is C15H30NO8P. The Morgan fingerprint density at radius 1 is 1.20 bits per heavy atom. The molecule has 0 aromatic heterocycles. The first-order chi connectivity index (χ1) is 11.0. The van der Waals surface area contributed by atoms with Gasteiger partial charge in [-0.15, -0.1) is 0 Å². The first kappa shape index (κ1) is 26.0. The highest BCUT2D eigenvalue weighted by Gasteiger charge is 2.21. The van der Waals surface area contributed by atoms with E-state index in [0.717, 1.165) is 0 Å². The van der Waals surface area contributed by atoms with Crippen molar-refractivity contribution in [2.24, 2.45) is 5.41 Å². The molecule has 0 radical (unpaired) electrons. The van der Waals surface area contributed by atoms with Gasteiger partial charge < -0.3 is 24.4 Å². The van der Waals surface area contributed by atoms with Crippen LogP contribution in [0.15, 0.2) is 11.6 Å². The normalized spacial score (nSPS) is 15.0. The third-order valence-corrected chi connectivity index (χ3v) is 3.70. The number of carbonyl (C=O) groups is 2. The molecule has 0 heterocycles. The maximum Gasteiger partial charge on any atom is 0.472 e. The Balaban J connectivity index is 0. The molecule has 0 amide bonds. The van der Waals surface area contributed by atoms with Crippen LogP contribution >= 0.6 is 7.82 Å². The molecule has 0 rings (SSSR count). The molecule has 0 aliphatic heterocycles. The van der Waals surface area contributed by atoms with E-state index < -0.39 is 25.2 Å². The van der Waals surface area contributed by atoms with Crippen LogP contribution in [0.2, 0.25) is 0 Å². The lowest BCUT2D eigenvalue weighted by molar-refractivity contribution is -0.870. The smallest absolute Gasteiger partial charge is 0.472 e. The van der Waals surface area contributed by atoms with Crippen LogP contribution in [-0.2, 0) is 23.2 Å². The monoisotopic (exact) mass is 383 g/mol. The molecule has 2 N–H and O–H groups in total. The number of phosphoric acid groups is 1. The van der Waals surface area contributed by atoms with Gasteiger partial charge >= 0.3 is 13.8 Å². The molecule has 0 saturated heterocycles. The van der Waals surface area contributed by atoms with Gasteiger partial charge in [-0.1, -0.05) is 20.8 Å². The minimum absolute atomic E-state index is 0.179. The summed E-state index contributed by atoms with van der Waals surface area (Å²) in [7, 11) is 2.15. The third kappa shape index (κ3) is 16.0. The van der Waals surface area contributed by atoms with Crippen molar-refractivity contribution in [1.82, 2.24) is 0 Å². The van der Waals surface area contributed by atoms with Crippen molar-refractivity contribution in [3.05, 3.63) is 11.6 Å². The van der Waals surface area contributed by atoms with Crippen molar-refractivity contribution in [2.75, 3.05) is 40.9 Å². The van der Waals surface area contributed by atoms with E-state index in [2.05, 4.69) is 4.52 Å². The number of nitrogens with zero attached hydrogens (tertiary/aromatic N) is 1. The number of hydrogen-bond acceptors (Lipinski definition) is 6. The van der Waals surface area contributed by atoms with Crippen LogP contribution in [0.25, 0.3) is 0 Å². The number of carboxylic acid groups (broad SMARTS) is 2. The molecule has 25 heavy (non-hydrogen) atoms. The largest absolute Gasteiger partial charge is 0.545 e. The van der Waals surface area contributed by atoms with Crippen LogP contribution in [-0.4, -0.2) is 67.3 Å². The van der Waals surface area contributed by atoms with Crippen LogP contribution in [0, 0.1) is 5.41 Å². The van der Waals surface area contributed by atoms with Crippen molar-refractivity contribution in [3.63, 3.8) is 0 Å². The second-order valence-corrected chi connectivity index (χ2v) is 8.62. The molecule has 0 spiro atoms. The van der Waals surface area contributed by atoms with Gasteiger partial charge in [0.2, 0.25) is 0 Å². The van der Waals surface area contributed by atoms with Crippen molar-refractivity contribution in [2.45, 2.75) is 27.7 Å². The summed E-state index contributed by atoms with van der Waals surface area (Å²) >= 11 is 0. The van der Waals surface area contributed by atoms with Gasteiger partial charge in [-0.2, -0.15) is 0 Å². The zero-order chi connectivity index (χ0) is 20.5. The van der Waals surface area contributed by atoms with Crippen LogP contribution in [0.3, 0.4) is 0 Å². The number of phosphoric ester groups is 1. The van der Waals surface area contributed by atoms with Gasteiger partial charge in [-0.25, -0.2) is 9.36 Å². The van der Waals surface area contributed by atoms with E-state index >= 15 is 0 Å². The minimum atomic E-state index is -3.79. The van der Waals surface area contributed by atoms with Crippen LogP contribution in [0.1, 0.15) is 27.7 Å². The van der Waals surface area contributed by atoms with Gasteiger partial charge in [0, 0.05) is 6.08 Å². The summed E-state index contributed by atoms with van der Waals surface area (Å²) in [4.78, 5) is 29.6. The van der Waals surface area contributed by atoms with E-state index in [-0.39, 0.29) is 18.8 Å². The fraction of sp³-hybridized carbons (Fsp3) is 0.733. The maximum absolute atomic E-state index is 11.0. The number of carbonyl (C=O) groups excluding carboxylic acids is 1. The van der Waals surface area contributed by atoms with Gasteiger partial charge in [0.1, 0.15) is 13.2 Å². The predicted molar refractivity (Wildman–Crippen MR) is 90.5 cm³/mol. The Hall–Kier alpha value is -1.25. The van der Waals surface area contributed by atoms with Crippen molar-refractivity contribution in [3.8, 4) is 0 Å². The summed E-state index contributed by atoms with van der Waals surface area (Å²) in [6.07, 6.45) is 0.662. The van der Waals surface area contributed by atoms with Crippen LogP contribution < -0.4 is 5.11 Å². The van der Waals surface area contributed by atoms with Gasteiger partial charge in [-0.3, -0.25) is 9.05 Å². The molecule has 0 aromatic carbocycles. The van der Waals surface area contributed by atoms with Crippen LogP contribution in [0.5, 0.6) is 0 Å². The zero-order valence-electron chi connectivity index (χ0n) is 15.9. The number of quaternary nitrogens is 1. The van der Waals surface area contributed by atoms with Crippen molar-refractivity contribution in [1.29, 1.82) is 0 Å². The first-order valence-electron chi connectivity index (χ1n) is 7.60. The lowest BCUT2D eigenvalue weighted by atomic mass is 9.86. The average Bonchev–Trinajstić information content (AvgIpc) is 2.32. The standard InChI is InChI=1S/C8H12O4.C7H18NO4P/c1-8(2,3)5(7(11)12)4-6(9)10;1-5-11-13(9,10)12-7-6-8(2,3)4/h4H,1-3H3,(H,9,10)(H,11,12);5-7H2,1-4H3/b5-4+;. The summed E-state index contributed by atoms with van der Waals surface area (Å²) in [5, 5.41) is 18.8. The molecule has 1 unspecified atom stereocenters. The highest BCUT2D eigenvalue weighted by atomic mass is 31.2. The Morgan fingerprint density at radius 2 is 1.68 bits per heavy atom. The molecule has 9 nitrogen and oxygen atoms in total. The molecule has 0 aliphatic carbocycles. The van der Waals surface area contributed by atoms with Gasteiger partial charge in [0.25, 0.3) is 0 Å². The second kappa shape index (κ2) is 10.7. The lowest BCUT2D eigenvalue weighted by Gasteiger charge is -2.23. The van der Waals surface area contributed by atoms with Crippen molar-refractivity contribution < 1.29 is 42.8 Å². The molecule has 148 valence electrons. The predicted octanol–water partition coefficient (Wildman–Crippen LogP) is 0.640. The topological polar surface area (TPSA) is 133 Å². The highest BCUT2D eigenvalue weighted by Crippen LogP contribution is 2.42. The Labute approximate surface area is 149 Å². The SMILES string of the molecule is CC(C)(C)/C(=C/C(=O)O)C(=O)[O-].CCOP(=O)(O)OCC[N+](C)(C)C. The summed E-state index contributed by atoms with van der Waals surface area (Å²) in [6, 6.07) is 0. The van der Waals surface area contributed by atoms with E-state index in [9.17, 15) is 19.3 Å². The molecular weight excluding hydrogens is 353 g/mol. The Bertz CT molecular complexity index is 517. The van der Waals surface area contributed by atoms with E-state index in [1.807, 2.05) is 21.1 Å². The molecule has 0 aromatic rings. The number of carboxylic acids is 2. The lowest BCUT2D eigenvalue weighted by Crippen LogP contribution is -2.37. The van der Waals surface area contributed by atoms with Gasteiger partial charge in [0.05, 0.1) is 33.7 Å². The van der Waals surface area contributed by atoms with E-state index in [4.69, 9.17) is 14.5 Å². The third-order valence-electron chi connectivity index (χ3n) is 2.60. The average molecular weight is 383 g/mol. The minimum Gasteiger partial charge on any atom is -0.545 e. The van der Waals surface area contributed by atoms with Gasteiger partial charge in [-0.05, 0) is 17.9 Å². The van der Waals surface area contributed by atoms with Crippen LogP contribution in [0.4, 0.5) is 0 Å². The number of likely N-dealkylation sites (N-methyl/N-ethyl adjacent to an activating group) is 1. The van der Waals surface area contributed by atoms with E-state index in [1.165, 1.54) is 0 Å². The Kier molecular flexibility index (Phi) is 11.1. The Morgan fingerprint density at radius 3 is 1.92 bits per heavy atom. The number of rotatable bonds is 8. The van der Waals surface area contributed by atoms with Crippen molar-refractivity contribution >= 4 is 19.8 Å². The highest BCUT2D eigenvalue weighted by molar-refractivity contribution is 7.47. The molecule has 10 heteroatoms. The maximum atomic E-state index is 11.0. The summed E-state index contributed by atoms with van der Waals surface area (Å²) in [5.41, 5.74) is -0.924. The molecule has 0 fully saturated rings. The quantitative estimate of drug-likeness (QED) is 0.354. The molecule has 0 saturated carbocycles. The van der Waals surface area contributed by atoms with E-state index in [0.29, 0.717) is 17.1 Å². The first-order valence-corrected chi connectivity index (χ1v) is 9.10. The molecule has 1 atom stereocenters. The number of aliphatic carboxylic acids is 2. The summed E-state index contributed by atoms with van der Waals surface area (Å²) in [6.45, 7) is 7.53. The van der Waals surface area contributed by atoms with Gasteiger partial charge in [0.15, 0.2) is 0 Å². The fourth-order valence-corrected chi connectivity index (χ4v) is 2.05. The summed E-state index contributed by atoms with van der Waals surface area (Å²) in [5.74, 6) is -2.71. The summed E-state index contributed by atoms with van der Waals surface area (Å²) < 4.78 is 20.9. The second-order valence-electron chi connectivity index (χ2n) is 7.17. The zero-order valence-corrected chi connectivity index (χ0v) is 16.8. The van der Waals surface area contributed by atoms with E-state index in [1.54, 1.807) is 27.7 Å². The number of hydrogen-bond donors (Lipinski definition) is 2. The molecule has 0 bridgehead atoms.